The number of thiophene rings is 1. The fourth-order valence-corrected chi connectivity index (χ4v) is 3.89. The van der Waals surface area contributed by atoms with E-state index in [0.717, 1.165) is 42.7 Å². The second-order valence-electron chi connectivity index (χ2n) is 5.89. The van der Waals surface area contributed by atoms with Crippen molar-refractivity contribution in [2.75, 3.05) is 6.54 Å². The minimum absolute atomic E-state index is 0.0785. The lowest BCUT2D eigenvalue weighted by molar-refractivity contribution is -0.134. The summed E-state index contributed by atoms with van der Waals surface area (Å²) < 4.78 is 1.75. The van der Waals surface area contributed by atoms with Crippen LogP contribution in [0.15, 0.2) is 41.4 Å². The zero-order valence-electron chi connectivity index (χ0n) is 12.8. The number of carbonyl (C=O) groups excluding carboxylic acids is 1. The van der Waals surface area contributed by atoms with Crippen molar-refractivity contribution < 1.29 is 4.79 Å². The van der Waals surface area contributed by atoms with Gasteiger partial charge in [0.05, 0.1) is 24.4 Å². The summed E-state index contributed by atoms with van der Waals surface area (Å²) in [7, 11) is 0. The van der Waals surface area contributed by atoms with Crippen molar-refractivity contribution in [2.24, 2.45) is 0 Å². The lowest BCUT2D eigenvalue weighted by Gasteiger charge is -2.35. The fraction of sp³-hybridized carbons (Fsp3) is 0.353. The molecule has 0 unspecified atom stereocenters. The van der Waals surface area contributed by atoms with Crippen molar-refractivity contribution in [3.05, 3.63) is 52.6 Å². The van der Waals surface area contributed by atoms with E-state index in [4.69, 9.17) is 4.98 Å². The Balaban J connectivity index is 1.60. The Morgan fingerprint density at radius 2 is 2.26 bits per heavy atom. The van der Waals surface area contributed by atoms with Crippen LogP contribution in [-0.4, -0.2) is 31.9 Å². The van der Waals surface area contributed by atoms with Gasteiger partial charge in [0, 0.05) is 18.8 Å². The summed E-state index contributed by atoms with van der Waals surface area (Å²) in [6, 6.07) is 5.98. The summed E-state index contributed by atoms with van der Waals surface area (Å²) in [5.74, 6) is 0.197. The first-order valence-electron chi connectivity index (χ1n) is 7.92. The van der Waals surface area contributed by atoms with Crippen LogP contribution in [0.1, 0.15) is 36.6 Å². The Bertz CT molecular complexity index is 811. The number of fused-ring (bicyclic) bond motifs is 1. The van der Waals surface area contributed by atoms with E-state index in [1.54, 1.807) is 22.0 Å². The summed E-state index contributed by atoms with van der Waals surface area (Å²) in [5.41, 5.74) is 2.90. The molecule has 0 aromatic carbocycles. The number of likely N-dealkylation sites (tertiary alicyclic amines) is 1. The number of aromatic nitrogens is 3. The van der Waals surface area contributed by atoms with Crippen molar-refractivity contribution in [1.82, 2.24) is 19.5 Å². The quantitative estimate of drug-likeness (QED) is 0.743. The monoisotopic (exact) mass is 326 g/mol. The lowest BCUT2D eigenvalue weighted by Crippen LogP contribution is -2.39. The highest BCUT2D eigenvalue weighted by atomic mass is 32.1. The van der Waals surface area contributed by atoms with Crippen LogP contribution in [0.25, 0.3) is 5.65 Å². The van der Waals surface area contributed by atoms with Crippen LogP contribution in [0.5, 0.6) is 0 Å². The van der Waals surface area contributed by atoms with Crippen molar-refractivity contribution in [3.8, 4) is 0 Å². The predicted octanol–water partition coefficient (Wildman–Crippen LogP) is 3.09. The molecule has 1 aliphatic heterocycles. The van der Waals surface area contributed by atoms with Gasteiger partial charge in [-0.1, -0.05) is 0 Å². The van der Waals surface area contributed by atoms with E-state index >= 15 is 0 Å². The zero-order valence-corrected chi connectivity index (χ0v) is 13.6. The molecule has 1 fully saturated rings. The van der Waals surface area contributed by atoms with E-state index in [2.05, 4.69) is 5.10 Å². The third kappa shape index (κ3) is 2.86. The Morgan fingerprint density at radius 1 is 1.30 bits per heavy atom. The van der Waals surface area contributed by atoms with Gasteiger partial charge in [-0.3, -0.25) is 4.79 Å². The van der Waals surface area contributed by atoms with Crippen LogP contribution in [0.2, 0.25) is 0 Å². The molecule has 1 atom stereocenters. The van der Waals surface area contributed by atoms with Gasteiger partial charge >= 0.3 is 0 Å². The average molecular weight is 326 g/mol. The smallest absolute Gasteiger partial charge is 0.227 e. The number of hydrogen-bond donors (Lipinski definition) is 0. The van der Waals surface area contributed by atoms with Gasteiger partial charge < -0.3 is 4.90 Å². The van der Waals surface area contributed by atoms with Crippen molar-refractivity contribution in [2.45, 2.75) is 31.7 Å². The lowest BCUT2D eigenvalue weighted by atomic mass is 9.98. The Labute approximate surface area is 138 Å². The molecule has 4 heterocycles. The summed E-state index contributed by atoms with van der Waals surface area (Å²) >= 11 is 1.64. The normalized spacial score (nSPS) is 18.4. The SMILES string of the molecule is O=C(Cc1ccsc1)N1CCCC[C@H]1c1ccn2nccc2n1. The summed E-state index contributed by atoms with van der Waals surface area (Å²) in [4.78, 5) is 19.5. The first-order valence-corrected chi connectivity index (χ1v) is 8.86. The summed E-state index contributed by atoms with van der Waals surface area (Å²) in [6.07, 6.45) is 7.34. The molecule has 0 saturated carbocycles. The van der Waals surface area contributed by atoms with Crippen LogP contribution >= 0.6 is 11.3 Å². The maximum Gasteiger partial charge on any atom is 0.227 e. The first kappa shape index (κ1) is 14.4. The zero-order chi connectivity index (χ0) is 15.6. The molecule has 23 heavy (non-hydrogen) atoms. The number of hydrogen-bond acceptors (Lipinski definition) is 4. The summed E-state index contributed by atoms with van der Waals surface area (Å²) in [5, 5.41) is 8.25. The third-order valence-corrected chi connectivity index (χ3v) is 5.11. The number of rotatable bonds is 3. The minimum Gasteiger partial charge on any atom is -0.334 e. The molecule has 4 rings (SSSR count). The number of amides is 1. The summed E-state index contributed by atoms with van der Waals surface area (Å²) in [6.45, 7) is 0.819. The van der Waals surface area contributed by atoms with E-state index in [9.17, 15) is 4.79 Å². The maximum absolute atomic E-state index is 12.7. The molecule has 118 valence electrons. The molecule has 1 amide bonds. The van der Waals surface area contributed by atoms with Crippen LogP contribution in [0.4, 0.5) is 0 Å². The van der Waals surface area contributed by atoms with Gasteiger partial charge in [-0.25, -0.2) is 9.50 Å². The molecule has 1 saturated heterocycles. The van der Waals surface area contributed by atoms with E-state index in [0.29, 0.717) is 6.42 Å². The molecule has 0 spiro atoms. The highest BCUT2D eigenvalue weighted by molar-refractivity contribution is 7.08. The van der Waals surface area contributed by atoms with Gasteiger partial charge in [-0.2, -0.15) is 16.4 Å². The second kappa shape index (κ2) is 6.12. The van der Waals surface area contributed by atoms with Crippen molar-refractivity contribution in [3.63, 3.8) is 0 Å². The fourth-order valence-electron chi connectivity index (χ4n) is 3.22. The highest BCUT2D eigenvalue weighted by Gasteiger charge is 2.29. The van der Waals surface area contributed by atoms with Crippen molar-refractivity contribution in [1.29, 1.82) is 0 Å². The molecular weight excluding hydrogens is 308 g/mol. The van der Waals surface area contributed by atoms with Crippen molar-refractivity contribution >= 4 is 22.9 Å². The Morgan fingerprint density at radius 3 is 3.13 bits per heavy atom. The first-order chi connectivity index (χ1) is 11.3. The standard InChI is InChI=1S/C17H18N4OS/c22-17(11-13-6-10-23-12-13)20-8-2-1-3-15(20)14-5-9-21-16(19-14)4-7-18-21/h4-7,9-10,12,15H,1-3,8,11H2/t15-/m0/s1. The van der Waals surface area contributed by atoms with Gasteiger partial charge in [-0.15, -0.1) is 0 Å². The molecule has 5 nitrogen and oxygen atoms in total. The molecule has 0 radical (unpaired) electrons. The Hall–Kier alpha value is -2.21. The van der Waals surface area contributed by atoms with E-state index < -0.39 is 0 Å². The van der Waals surface area contributed by atoms with Crippen LogP contribution < -0.4 is 0 Å². The Kier molecular flexibility index (Phi) is 3.83. The maximum atomic E-state index is 12.7. The van der Waals surface area contributed by atoms with Gasteiger partial charge in [0.1, 0.15) is 0 Å². The van der Waals surface area contributed by atoms with Crippen LogP contribution in [-0.2, 0) is 11.2 Å². The van der Waals surface area contributed by atoms with E-state index in [1.165, 1.54) is 0 Å². The molecule has 0 aliphatic carbocycles. The molecule has 3 aromatic rings. The van der Waals surface area contributed by atoms with Crippen LogP contribution in [0, 0.1) is 0 Å². The predicted molar refractivity (Wildman–Crippen MR) is 89.3 cm³/mol. The second-order valence-corrected chi connectivity index (χ2v) is 6.67. The molecule has 0 bridgehead atoms. The molecule has 6 heteroatoms. The van der Waals surface area contributed by atoms with E-state index in [1.807, 2.05) is 40.1 Å². The van der Waals surface area contributed by atoms with Gasteiger partial charge in [0.15, 0.2) is 5.65 Å². The number of nitrogens with zero attached hydrogens (tertiary/aromatic N) is 4. The molecule has 1 aliphatic rings. The largest absolute Gasteiger partial charge is 0.334 e. The topological polar surface area (TPSA) is 50.5 Å². The third-order valence-electron chi connectivity index (χ3n) is 4.38. The minimum atomic E-state index is 0.0785. The molecular formula is C17H18N4OS. The van der Waals surface area contributed by atoms with E-state index in [-0.39, 0.29) is 11.9 Å². The number of piperidine rings is 1. The van der Waals surface area contributed by atoms with Crippen LogP contribution in [0.3, 0.4) is 0 Å². The number of carbonyl (C=O) groups is 1. The van der Waals surface area contributed by atoms with Gasteiger partial charge in [0.25, 0.3) is 0 Å². The van der Waals surface area contributed by atoms with Gasteiger partial charge in [-0.05, 0) is 47.7 Å². The molecule has 3 aromatic heterocycles. The van der Waals surface area contributed by atoms with Gasteiger partial charge in [0.2, 0.25) is 5.91 Å². The average Bonchev–Trinajstić information content (AvgIpc) is 3.25. The molecule has 0 N–H and O–H groups in total. The highest BCUT2D eigenvalue weighted by Crippen LogP contribution is 2.30.